The van der Waals surface area contributed by atoms with Crippen LogP contribution in [0.3, 0.4) is 0 Å². The van der Waals surface area contributed by atoms with Crippen LogP contribution in [0.1, 0.15) is 17.5 Å². The molecule has 1 amide bonds. The van der Waals surface area contributed by atoms with Crippen molar-refractivity contribution in [1.29, 1.82) is 0 Å². The van der Waals surface area contributed by atoms with E-state index in [1.165, 1.54) is 0 Å². The van der Waals surface area contributed by atoms with Gasteiger partial charge in [0.2, 0.25) is 0 Å². The number of rotatable bonds is 6. The van der Waals surface area contributed by atoms with Gasteiger partial charge in [-0.15, -0.1) is 0 Å². The summed E-state index contributed by atoms with van der Waals surface area (Å²) in [6.07, 6.45) is 6.00. The Morgan fingerprint density at radius 3 is 2.82 bits per heavy atom. The molecule has 114 valence electrons. The van der Waals surface area contributed by atoms with Gasteiger partial charge in [-0.3, -0.25) is 0 Å². The van der Waals surface area contributed by atoms with Crippen LogP contribution < -0.4 is 5.32 Å². The van der Waals surface area contributed by atoms with Crippen molar-refractivity contribution in [3.63, 3.8) is 0 Å². The van der Waals surface area contributed by atoms with Crippen LogP contribution in [0.25, 0.3) is 6.08 Å². The van der Waals surface area contributed by atoms with Gasteiger partial charge < -0.3 is 10.1 Å². The maximum Gasteiger partial charge on any atom is 0.407 e. The van der Waals surface area contributed by atoms with E-state index in [1.54, 1.807) is 6.20 Å². The Kier molecular flexibility index (Phi) is 6.64. The lowest BCUT2D eigenvalue weighted by Crippen LogP contribution is -2.24. The zero-order valence-electron chi connectivity index (χ0n) is 12.0. The van der Waals surface area contributed by atoms with Crippen molar-refractivity contribution in [3.8, 4) is 0 Å². The Balaban J connectivity index is 1.64. The second-order valence-electron chi connectivity index (χ2n) is 4.56. The van der Waals surface area contributed by atoms with Crippen LogP contribution in [0.15, 0.2) is 59.3 Å². The van der Waals surface area contributed by atoms with Gasteiger partial charge in [0.25, 0.3) is 0 Å². The van der Waals surface area contributed by atoms with Gasteiger partial charge in [-0.25, -0.2) is 9.78 Å². The highest BCUT2D eigenvalue weighted by molar-refractivity contribution is 9.10. The van der Waals surface area contributed by atoms with Crippen molar-refractivity contribution in [1.82, 2.24) is 10.3 Å². The molecule has 0 aliphatic rings. The Morgan fingerprint density at radius 2 is 2.05 bits per heavy atom. The Labute approximate surface area is 138 Å². The first-order valence-electron chi connectivity index (χ1n) is 6.97. The van der Waals surface area contributed by atoms with Crippen molar-refractivity contribution in [3.05, 3.63) is 70.5 Å². The molecule has 4 nitrogen and oxygen atoms in total. The van der Waals surface area contributed by atoms with E-state index in [0.29, 0.717) is 6.54 Å². The van der Waals surface area contributed by atoms with E-state index in [4.69, 9.17) is 4.74 Å². The molecule has 22 heavy (non-hydrogen) atoms. The summed E-state index contributed by atoms with van der Waals surface area (Å²) in [6.45, 7) is 0.813. The third-order valence-corrected chi connectivity index (χ3v) is 3.54. The second-order valence-corrected chi connectivity index (χ2v) is 5.31. The van der Waals surface area contributed by atoms with Crippen LogP contribution in [0.2, 0.25) is 0 Å². The maximum absolute atomic E-state index is 11.5. The predicted octanol–water partition coefficient (Wildman–Crippen LogP) is 4.17. The molecule has 2 rings (SSSR count). The number of aromatic nitrogens is 1. The van der Waals surface area contributed by atoms with Gasteiger partial charge in [-0.2, -0.15) is 0 Å². The fraction of sp³-hybridized carbons (Fsp3) is 0.176. The van der Waals surface area contributed by atoms with E-state index in [1.807, 2.05) is 54.6 Å². The van der Waals surface area contributed by atoms with Crippen LogP contribution in [-0.2, 0) is 11.3 Å². The minimum Gasteiger partial charge on any atom is -0.445 e. The van der Waals surface area contributed by atoms with Gasteiger partial charge in [-0.1, -0.05) is 48.6 Å². The van der Waals surface area contributed by atoms with Gasteiger partial charge in [0.05, 0.1) is 0 Å². The highest BCUT2D eigenvalue weighted by atomic mass is 79.9. The summed E-state index contributed by atoms with van der Waals surface area (Å²) in [5.74, 6) is 0. The third-order valence-electron chi connectivity index (χ3n) is 2.88. The van der Waals surface area contributed by atoms with Gasteiger partial charge >= 0.3 is 6.09 Å². The zero-order valence-corrected chi connectivity index (χ0v) is 13.6. The van der Waals surface area contributed by atoms with E-state index in [0.717, 1.165) is 22.2 Å². The number of ether oxygens (including phenoxy) is 1. The first kappa shape index (κ1) is 16.2. The average molecular weight is 361 g/mol. The van der Waals surface area contributed by atoms with E-state index in [9.17, 15) is 4.79 Å². The number of pyridine rings is 1. The number of nitrogens with zero attached hydrogens (tertiary/aromatic N) is 1. The molecule has 1 aromatic heterocycles. The number of alkyl carbamates (subject to hydrolysis) is 1. The summed E-state index contributed by atoms with van der Waals surface area (Å²) < 4.78 is 5.93. The first-order valence-corrected chi connectivity index (χ1v) is 7.76. The lowest BCUT2D eigenvalue weighted by Gasteiger charge is -2.05. The molecule has 0 spiro atoms. The molecule has 1 heterocycles. The normalized spacial score (nSPS) is 10.6. The number of benzene rings is 1. The molecule has 1 N–H and O–H groups in total. The van der Waals surface area contributed by atoms with Crippen LogP contribution in [0, 0.1) is 0 Å². The van der Waals surface area contributed by atoms with Crippen molar-refractivity contribution in [2.75, 3.05) is 6.54 Å². The summed E-state index contributed by atoms with van der Waals surface area (Å²) in [7, 11) is 0. The monoisotopic (exact) mass is 360 g/mol. The van der Waals surface area contributed by atoms with Crippen LogP contribution in [-0.4, -0.2) is 17.6 Å². The molecule has 0 saturated heterocycles. The first-order chi connectivity index (χ1) is 10.8. The lowest BCUT2D eigenvalue weighted by molar-refractivity contribution is 0.140. The van der Waals surface area contributed by atoms with Crippen molar-refractivity contribution < 1.29 is 9.53 Å². The second kappa shape index (κ2) is 9.00. The molecule has 5 heteroatoms. The van der Waals surface area contributed by atoms with Crippen LogP contribution in [0.5, 0.6) is 0 Å². The molecule has 0 unspecified atom stereocenters. The molecular formula is C17H17BrN2O2. The van der Waals surface area contributed by atoms with Crippen LogP contribution in [0.4, 0.5) is 4.79 Å². The molecule has 1 aromatic carbocycles. The summed E-state index contributed by atoms with van der Waals surface area (Å²) in [6, 6.07) is 13.4. The number of hydrogen-bond acceptors (Lipinski definition) is 3. The number of carbonyl (C=O) groups excluding carboxylic acids is 1. The minimum absolute atomic E-state index is 0.283. The largest absolute Gasteiger partial charge is 0.445 e. The van der Waals surface area contributed by atoms with E-state index < -0.39 is 6.09 Å². The number of nitrogens with one attached hydrogen (secondary N) is 1. The summed E-state index contributed by atoms with van der Waals surface area (Å²) in [5.41, 5.74) is 1.98. The SMILES string of the molecule is O=C(NCCC=Cc1cccnc1Br)OCc1ccccc1. The summed E-state index contributed by atoms with van der Waals surface area (Å²) in [4.78, 5) is 15.7. The van der Waals surface area contributed by atoms with Gasteiger partial charge in [0.15, 0.2) is 0 Å². The zero-order chi connectivity index (χ0) is 15.6. The topological polar surface area (TPSA) is 51.2 Å². The van der Waals surface area contributed by atoms with Crippen molar-refractivity contribution in [2.24, 2.45) is 0 Å². The van der Waals surface area contributed by atoms with Crippen molar-refractivity contribution in [2.45, 2.75) is 13.0 Å². The molecule has 0 aliphatic heterocycles. The molecule has 0 atom stereocenters. The maximum atomic E-state index is 11.5. The fourth-order valence-corrected chi connectivity index (χ4v) is 2.15. The molecule has 0 aliphatic carbocycles. The third kappa shape index (κ3) is 5.69. The Hall–Kier alpha value is -2.14. The van der Waals surface area contributed by atoms with Crippen LogP contribution >= 0.6 is 15.9 Å². The molecule has 2 aromatic rings. The van der Waals surface area contributed by atoms with Gasteiger partial charge in [0, 0.05) is 18.3 Å². The van der Waals surface area contributed by atoms with E-state index in [2.05, 4.69) is 26.2 Å². The van der Waals surface area contributed by atoms with E-state index in [-0.39, 0.29) is 6.61 Å². The number of hydrogen-bond donors (Lipinski definition) is 1. The number of amides is 1. The van der Waals surface area contributed by atoms with E-state index >= 15 is 0 Å². The standard InChI is InChI=1S/C17H17BrN2O2/c18-16-15(10-6-12-19-16)9-4-5-11-20-17(21)22-13-14-7-2-1-3-8-14/h1-4,6-10,12H,5,11,13H2,(H,20,21). The highest BCUT2D eigenvalue weighted by Gasteiger charge is 2.00. The quantitative estimate of drug-likeness (QED) is 0.621. The highest BCUT2D eigenvalue weighted by Crippen LogP contribution is 2.14. The molecular weight excluding hydrogens is 344 g/mol. The minimum atomic E-state index is -0.403. The summed E-state index contributed by atoms with van der Waals surface area (Å²) in [5, 5.41) is 2.71. The molecule has 0 saturated carbocycles. The predicted molar refractivity (Wildman–Crippen MR) is 90.2 cm³/mol. The molecule has 0 bridgehead atoms. The van der Waals surface area contributed by atoms with Gasteiger partial charge in [0.1, 0.15) is 11.2 Å². The average Bonchev–Trinajstić information content (AvgIpc) is 2.55. The Morgan fingerprint density at radius 1 is 1.23 bits per heavy atom. The van der Waals surface area contributed by atoms with Crippen molar-refractivity contribution >= 4 is 28.1 Å². The molecule has 0 fully saturated rings. The fourth-order valence-electron chi connectivity index (χ4n) is 1.76. The lowest BCUT2D eigenvalue weighted by atomic mass is 10.2. The smallest absolute Gasteiger partial charge is 0.407 e. The Bertz CT molecular complexity index is 630. The molecule has 0 radical (unpaired) electrons. The number of halogens is 1. The van der Waals surface area contributed by atoms with Gasteiger partial charge in [-0.05, 0) is 34.0 Å². The number of carbonyl (C=O) groups is 1. The summed E-state index contributed by atoms with van der Waals surface area (Å²) >= 11 is 3.38.